The zero-order valence-corrected chi connectivity index (χ0v) is 10.1. The summed E-state index contributed by atoms with van der Waals surface area (Å²) in [5.41, 5.74) is 1.44. The normalized spacial score (nSPS) is 26.3. The lowest BCUT2D eigenvalue weighted by Crippen LogP contribution is -2.08. The van der Waals surface area contributed by atoms with Crippen LogP contribution in [0.1, 0.15) is 40.0 Å². The molecule has 0 aliphatic heterocycles. The van der Waals surface area contributed by atoms with E-state index in [1.807, 2.05) is 0 Å². The summed E-state index contributed by atoms with van der Waals surface area (Å²) < 4.78 is 5.88. The van der Waals surface area contributed by atoms with Crippen molar-refractivity contribution in [2.24, 2.45) is 17.8 Å². The third-order valence-electron chi connectivity index (χ3n) is 3.20. The molecule has 1 atom stereocenters. The quantitative estimate of drug-likeness (QED) is 0.677. The first-order valence-corrected chi connectivity index (χ1v) is 6.20. The van der Waals surface area contributed by atoms with Gasteiger partial charge in [-0.2, -0.15) is 0 Å². The number of hydrogen-bond donors (Lipinski definition) is 0. The highest BCUT2D eigenvalue weighted by Crippen LogP contribution is 2.32. The standard InChI is InChI=1S/C14H22O/c1-10(2)13-6-11(3)7-14(8-13)15-9-12-4-5-12/h6,8,10-12H,4-5,7,9H2,1-3H3. The van der Waals surface area contributed by atoms with Crippen molar-refractivity contribution in [1.29, 1.82) is 0 Å². The van der Waals surface area contributed by atoms with Gasteiger partial charge in [0.2, 0.25) is 0 Å². The topological polar surface area (TPSA) is 9.23 Å². The van der Waals surface area contributed by atoms with Gasteiger partial charge in [0.25, 0.3) is 0 Å². The minimum Gasteiger partial charge on any atom is -0.498 e. The molecule has 84 valence electrons. The van der Waals surface area contributed by atoms with E-state index in [2.05, 4.69) is 32.9 Å². The minimum absolute atomic E-state index is 0.618. The van der Waals surface area contributed by atoms with Crippen LogP contribution in [0.25, 0.3) is 0 Å². The highest BCUT2D eigenvalue weighted by molar-refractivity contribution is 5.28. The largest absolute Gasteiger partial charge is 0.498 e. The van der Waals surface area contributed by atoms with Crippen molar-refractivity contribution < 1.29 is 4.74 Å². The van der Waals surface area contributed by atoms with Crippen molar-refractivity contribution in [2.45, 2.75) is 40.0 Å². The molecule has 0 bridgehead atoms. The van der Waals surface area contributed by atoms with Gasteiger partial charge in [-0.25, -0.2) is 0 Å². The Balaban J connectivity index is 1.94. The molecule has 1 saturated carbocycles. The summed E-state index contributed by atoms with van der Waals surface area (Å²) in [7, 11) is 0. The van der Waals surface area contributed by atoms with Gasteiger partial charge in [-0.15, -0.1) is 0 Å². The molecule has 1 heteroatoms. The second-order valence-corrected chi connectivity index (χ2v) is 5.37. The van der Waals surface area contributed by atoms with E-state index in [0.29, 0.717) is 11.8 Å². The predicted octanol–water partition coefficient (Wildman–Crippen LogP) is 3.92. The van der Waals surface area contributed by atoms with Crippen LogP contribution in [0.3, 0.4) is 0 Å². The molecule has 0 aromatic heterocycles. The van der Waals surface area contributed by atoms with Gasteiger partial charge in [0.15, 0.2) is 0 Å². The molecule has 0 saturated heterocycles. The molecule has 2 aliphatic carbocycles. The predicted molar refractivity (Wildman–Crippen MR) is 63.5 cm³/mol. The van der Waals surface area contributed by atoms with E-state index in [0.717, 1.165) is 18.9 Å². The molecule has 0 aromatic carbocycles. The summed E-state index contributed by atoms with van der Waals surface area (Å²) in [6.45, 7) is 7.72. The first-order chi connectivity index (χ1) is 7.15. The summed E-state index contributed by atoms with van der Waals surface area (Å²) in [5, 5.41) is 0. The van der Waals surface area contributed by atoms with Gasteiger partial charge in [0.1, 0.15) is 0 Å². The van der Waals surface area contributed by atoms with Crippen molar-refractivity contribution in [1.82, 2.24) is 0 Å². The van der Waals surface area contributed by atoms with E-state index in [1.54, 1.807) is 0 Å². The lowest BCUT2D eigenvalue weighted by Gasteiger charge is -2.21. The number of ether oxygens (including phenoxy) is 1. The van der Waals surface area contributed by atoms with Crippen molar-refractivity contribution in [3.8, 4) is 0 Å². The van der Waals surface area contributed by atoms with Crippen LogP contribution >= 0.6 is 0 Å². The maximum atomic E-state index is 5.88. The zero-order chi connectivity index (χ0) is 10.8. The van der Waals surface area contributed by atoms with E-state index >= 15 is 0 Å². The van der Waals surface area contributed by atoms with Gasteiger partial charge < -0.3 is 4.74 Å². The molecule has 0 heterocycles. The minimum atomic E-state index is 0.618. The molecular weight excluding hydrogens is 184 g/mol. The average Bonchev–Trinajstić information content (AvgIpc) is 2.97. The van der Waals surface area contributed by atoms with Gasteiger partial charge in [-0.3, -0.25) is 0 Å². The molecule has 0 N–H and O–H groups in total. The zero-order valence-electron chi connectivity index (χ0n) is 10.1. The van der Waals surface area contributed by atoms with Crippen LogP contribution in [0.5, 0.6) is 0 Å². The highest BCUT2D eigenvalue weighted by Gasteiger charge is 2.23. The molecular formula is C14H22O. The third kappa shape index (κ3) is 3.12. The first kappa shape index (κ1) is 10.8. The molecule has 15 heavy (non-hydrogen) atoms. The Morgan fingerprint density at radius 3 is 2.73 bits per heavy atom. The lowest BCUT2D eigenvalue weighted by atomic mass is 9.91. The van der Waals surface area contributed by atoms with Crippen LogP contribution in [-0.4, -0.2) is 6.61 Å². The van der Waals surface area contributed by atoms with Crippen LogP contribution in [0.4, 0.5) is 0 Å². The Kier molecular flexibility index (Phi) is 3.18. The molecule has 0 spiro atoms. The molecule has 0 aromatic rings. The van der Waals surface area contributed by atoms with E-state index in [9.17, 15) is 0 Å². The van der Waals surface area contributed by atoms with Crippen molar-refractivity contribution in [2.75, 3.05) is 6.61 Å². The van der Waals surface area contributed by atoms with Crippen molar-refractivity contribution >= 4 is 0 Å². The fourth-order valence-electron chi connectivity index (χ4n) is 1.97. The molecule has 1 nitrogen and oxygen atoms in total. The monoisotopic (exact) mass is 206 g/mol. The van der Waals surface area contributed by atoms with Crippen LogP contribution in [0.2, 0.25) is 0 Å². The van der Waals surface area contributed by atoms with Crippen LogP contribution < -0.4 is 0 Å². The molecule has 2 rings (SSSR count). The fourth-order valence-corrected chi connectivity index (χ4v) is 1.97. The molecule has 0 radical (unpaired) electrons. The molecule has 1 fully saturated rings. The number of rotatable bonds is 4. The molecule has 1 unspecified atom stereocenters. The van der Waals surface area contributed by atoms with Crippen LogP contribution in [-0.2, 0) is 4.74 Å². The summed E-state index contributed by atoms with van der Waals surface area (Å²) in [5.74, 6) is 3.32. The van der Waals surface area contributed by atoms with Gasteiger partial charge in [-0.05, 0) is 42.2 Å². The summed E-state index contributed by atoms with van der Waals surface area (Å²) in [6, 6.07) is 0. The SMILES string of the molecule is CC1C=C(C(C)C)C=C(OCC2CC2)C1. The van der Waals surface area contributed by atoms with Crippen LogP contribution in [0.15, 0.2) is 23.5 Å². The molecule has 0 amide bonds. The Hall–Kier alpha value is -0.720. The fraction of sp³-hybridized carbons (Fsp3) is 0.714. The second-order valence-electron chi connectivity index (χ2n) is 5.37. The Morgan fingerprint density at radius 1 is 1.40 bits per heavy atom. The van der Waals surface area contributed by atoms with E-state index in [-0.39, 0.29) is 0 Å². The highest BCUT2D eigenvalue weighted by atomic mass is 16.5. The van der Waals surface area contributed by atoms with Crippen molar-refractivity contribution in [3.05, 3.63) is 23.5 Å². The first-order valence-electron chi connectivity index (χ1n) is 6.20. The smallest absolute Gasteiger partial charge is 0.0968 e. The Bertz CT molecular complexity index is 282. The summed E-state index contributed by atoms with van der Waals surface area (Å²) in [4.78, 5) is 0. The van der Waals surface area contributed by atoms with E-state index < -0.39 is 0 Å². The molecule has 2 aliphatic rings. The van der Waals surface area contributed by atoms with Crippen LogP contribution in [0, 0.1) is 17.8 Å². The second kappa shape index (κ2) is 4.42. The lowest BCUT2D eigenvalue weighted by molar-refractivity contribution is 0.183. The average molecular weight is 206 g/mol. The Morgan fingerprint density at radius 2 is 2.13 bits per heavy atom. The summed E-state index contributed by atoms with van der Waals surface area (Å²) in [6.07, 6.45) is 8.47. The van der Waals surface area contributed by atoms with Gasteiger partial charge in [0.05, 0.1) is 12.4 Å². The van der Waals surface area contributed by atoms with E-state index in [1.165, 1.54) is 24.2 Å². The number of allylic oxidation sites excluding steroid dienone is 4. The maximum absolute atomic E-state index is 5.88. The Labute approximate surface area is 93.2 Å². The van der Waals surface area contributed by atoms with Gasteiger partial charge in [-0.1, -0.05) is 26.8 Å². The number of hydrogen-bond acceptors (Lipinski definition) is 1. The van der Waals surface area contributed by atoms with Crippen molar-refractivity contribution in [3.63, 3.8) is 0 Å². The summed E-state index contributed by atoms with van der Waals surface area (Å²) >= 11 is 0. The van der Waals surface area contributed by atoms with Gasteiger partial charge in [0, 0.05) is 6.42 Å². The van der Waals surface area contributed by atoms with E-state index in [4.69, 9.17) is 4.74 Å². The van der Waals surface area contributed by atoms with Gasteiger partial charge >= 0.3 is 0 Å². The maximum Gasteiger partial charge on any atom is 0.0968 e. The third-order valence-corrected chi connectivity index (χ3v) is 3.20.